The zero-order chi connectivity index (χ0) is 75.4. The van der Waals surface area contributed by atoms with Crippen molar-refractivity contribution in [2.45, 2.75) is 27.7 Å². The second-order valence-corrected chi connectivity index (χ2v) is 22.7. The van der Waals surface area contributed by atoms with E-state index in [1.54, 1.807) is 60.7 Å². The van der Waals surface area contributed by atoms with Gasteiger partial charge in [0.25, 0.3) is 11.4 Å². The Kier molecular flexibility index (Phi) is 23.9. The van der Waals surface area contributed by atoms with Gasteiger partial charge in [-0.15, -0.1) is 51.1 Å². The van der Waals surface area contributed by atoms with Crippen molar-refractivity contribution >= 4 is 147 Å². The number of carbonyl (C=O) groups is 3. The van der Waals surface area contributed by atoms with Gasteiger partial charge in [-0.2, -0.15) is 10.2 Å². The normalized spacial score (nSPS) is 11.3. The van der Waals surface area contributed by atoms with E-state index in [0.717, 1.165) is 10.9 Å². The highest BCUT2D eigenvalue weighted by Gasteiger charge is 2.19. The predicted octanol–water partition coefficient (Wildman–Crippen LogP) is 22.2. The number of nitro groups is 2. The molecule has 0 aliphatic carbocycles. The van der Waals surface area contributed by atoms with E-state index in [2.05, 4.69) is 77.3 Å². The topological polar surface area (TPSA) is 410 Å². The van der Waals surface area contributed by atoms with Gasteiger partial charge in [0.2, 0.25) is 17.7 Å². The molecule has 0 spiro atoms. The highest BCUT2D eigenvalue weighted by molar-refractivity contribution is 6.00. The van der Waals surface area contributed by atoms with E-state index >= 15 is 0 Å². The van der Waals surface area contributed by atoms with Gasteiger partial charge in [0.15, 0.2) is 5.69 Å². The number of ether oxygens (including phenoxy) is 3. The number of hydrogen-bond donors (Lipinski definition) is 6. The maximum Gasteiger partial charge on any atom is 0.296 e. The Morgan fingerprint density at radius 1 is 0.330 bits per heavy atom. The van der Waals surface area contributed by atoms with Gasteiger partial charge in [-0.25, -0.2) is 0 Å². The van der Waals surface area contributed by atoms with Crippen molar-refractivity contribution < 1.29 is 53.8 Å². The van der Waals surface area contributed by atoms with Crippen LogP contribution in [0.25, 0.3) is 32.3 Å². The van der Waals surface area contributed by atoms with E-state index in [0.29, 0.717) is 95.3 Å². The number of anilines is 3. The van der Waals surface area contributed by atoms with Crippen molar-refractivity contribution in [3.63, 3.8) is 0 Å². The molecule has 3 amide bonds. The van der Waals surface area contributed by atoms with Crippen molar-refractivity contribution in [3.8, 4) is 34.5 Å². The third-order valence-electron chi connectivity index (χ3n) is 15.2. The van der Waals surface area contributed by atoms with Gasteiger partial charge in [0.1, 0.15) is 68.6 Å². The van der Waals surface area contributed by atoms with Gasteiger partial charge in [0, 0.05) is 89.5 Å². The van der Waals surface area contributed by atoms with Crippen LogP contribution >= 0.6 is 0 Å². The lowest BCUT2D eigenvalue weighted by Gasteiger charge is -2.10. The summed E-state index contributed by atoms with van der Waals surface area (Å²) in [6, 6.07) is 60.0. The average molecular weight is 1420 g/mol. The molecule has 106 heavy (non-hydrogen) atoms. The van der Waals surface area contributed by atoms with Gasteiger partial charge in [-0.3, -0.25) is 34.6 Å². The van der Waals surface area contributed by atoms with Crippen molar-refractivity contribution in [1.29, 1.82) is 0 Å². The maximum absolute atomic E-state index is 11.8. The van der Waals surface area contributed by atoms with E-state index in [1.165, 1.54) is 115 Å². The third kappa shape index (κ3) is 18.7. The first kappa shape index (κ1) is 73.7. The molecular weight excluding hydrogens is 1360 g/mol. The van der Waals surface area contributed by atoms with Gasteiger partial charge in [0.05, 0.1) is 76.7 Å². The fourth-order valence-electron chi connectivity index (χ4n) is 10.2. The van der Waals surface area contributed by atoms with Crippen molar-refractivity contribution in [3.05, 3.63) is 244 Å². The zero-order valence-electron chi connectivity index (χ0n) is 57.5. The molecule has 0 aliphatic rings. The SMILES string of the molecule is COc1cc(N=Nc2ccc(C)cc2)c(NC(C)=O)cc1N=Nc1ccc(O)c2ccccc12.COc1cc(N=Nc2cccc([N+](=O)[O-])c2)c(NC(C)=O)cc1N=Nc1ccc(O)c2ccccc12.COc1cc(N=Nc2ccccc2[N+](=O)[O-])c(NC(C)=O)cc1N=Nc1ccc(O)c2ccccc12. The smallest absolute Gasteiger partial charge is 0.296 e. The number of carbonyl (C=O) groups excluding carboxylic acids is 3. The molecule has 0 saturated carbocycles. The number of aryl methyl sites for hydroxylation is 1. The summed E-state index contributed by atoms with van der Waals surface area (Å²) in [5, 5.41) is 116. The number of nitrogens with zero attached hydrogens (tertiary/aromatic N) is 14. The molecule has 30 nitrogen and oxygen atoms in total. The van der Waals surface area contributed by atoms with Gasteiger partial charge in [-0.1, -0.05) is 109 Å². The second kappa shape index (κ2) is 34.4. The van der Waals surface area contributed by atoms with Crippen LogP contribution < -0.4 is 30.2 Å². The van der Waals surface area contributed by atoms with Crippen molar-refractivity contribution in [1.82, 2.24) is 0 Å². The molecule has 0 bridgehead atoms. The maximum atomic E-state index is 11.8. The molecule has 0 heterocycles. The number of nitro benzene ring substituents is 2. The number of methoxy groups -OCH3 is 3. The van der Waals surface area contributed by atoms with E-state index in [-0.39, 0.29) is 80.5 Å². The zero-order valence-corrected chi connectivity index (χ0v) is 57.5. The summed E-state index contributed by atoms with van der Waals surface area (Å²) in [7, 11) is 4.40. The Balaban J connectivity index is 0.000000170. The molecule has 0 radical (unpaired) electrons. The van der Waals surface area contributed by atoms with Gasteiger partial charge < -0.3 is 45.5 Å². The first-order valence-electron chi connectivity index (χ1n) is 31.8. The number of fused-ring (bicyclic) bond motifs is 3. The Morgan fingerprint density at radius 2 is 0.660 bits per heavy atom. The fraction of sp³-hybridized carbons (Fsp3) is 0.0921. The third-order valence-corrected chi connectivity index (χ3v) is 15.2. The number of azo groups is 6. The molecule has 0 saturated heterocycles. The Labute approximate surface area is 602 Å². The number of aromatic hydroxyl groups is 3. The lowest BCUT2D eigenvalue weighted by atomic mass is 10.1. The first-order chi connectivity index (χ1) is 51.2. The summed E-state index contributed by atoms with van der Waals surface area (Å²) in [6.07, 6.45) is 0. The Morgan fingerprint density at radius 3 is 1.03 bits per heavy atom. The second-order valence-electron chi connectivity index (χ2n) is 22.7. The number of rotatable bonds is 20. The number of non-ortho nitro benzene ring substituents is 1. The number of benzene rings is 12. The minimum atomic E-state index is -0.555. The van der Waals surface area contributed by atoms with Gasteiger partial charge >= 0.3 is 0 Å². The molecule has 0 fully saturated rings. The number of amides is 3. The first-order valence-corrected chi connectivity index (χ1v) is 31.8. The molecule has 12 aromatic carbocycles. The minimum Gasteiger partial charge on any atom is -0.507 e. The van der Waals surface area contributed by atoms with Gasteiger partial charge in [-0.05, 0) is 85.8 Å². The monoisotopic (exact) mass is 1420 g/mol. The lowest BCUT2D eigenvalue weighted by Crippen LogP contribution is -2.06. The molecule has 0 atom stereocenters. The summed E-state index contributed by atoms with van der Waals surface area (Å²) < 4.78 is 16.4. The quantitative estimate of drug-likeness (QED) is 0.0235. The minimum absolute atomic E-state index is 0.0539. The summed E-state index contributed by atoms with van der Waals surface area (Å²) >= 11 is 0. The standard InChI is InChI=1S/C26H23N5O3.2C25H20N6O5/c1-16-8-10-18(11-9-16)28-30-23-15-26(34-3)24(14-22(23)27-17(2)32)31-29-21-12-13-25(33)20-7-5-4-6-19(20)21;1-15(32)26-21-13-23(30-28-20-10-11-24(33)19-9-4-3-8-18(19)20)25(36-2)14-22(21)29-27-16-6-5-7-17(12-16)31(34)35;1-15(32)26-20-13-22(30-27-18-11-12-24(33)17-8-4-3-7-16(17)18)25(36-2)14-21(20)29-28-19-9-5-6-10-23(19)31(34)35/h4-15,33H,1-3H3,(H,27,32);2*3-14,33H,1-2H3,(H,26,32). The molecular formula is C76H63N17O13. The molecule has 30 heteroatoms. The average Bonchev–Trinajstić information content (AvgIpc) is 0.815. The van der Waals surface area contributed by atoms with Crippen LogP contribution in [0.1, 0.15) is 26.3 Å². The summed E-state index contributed by atoms with van der Waals surface area (Å²) in [6.45, 7) is 6.08. The molecule has 530 valence electrons. The van der Waals surface area contributed by atoms with Crippen LogP contribution in [0.3, 0.4) is 0 Å². The van der Waals surface area contributed by atoms with E-state index in [1.807, 2.05) is 91.9 Å². The Hall–Kier alpha value is -15.0. The number of hydrogen-bond acceptors (Lipinski definition) is 25. The highest BCUT2D eigenvalue weighted by atomic mass is 16.6. The number of phenolic OH excluding ortho intramolecular Hbond substituents is 3. The molecule has 0 aromatic heterocycles. The number of nitrogens with one attached hydrogen (secondary N) is 3. The molecule has 6 N–H and O–H groups in total. The van der Waals surface area contributed by atoms with Crippen LogP contribution in [0.15, 0.2) is 280 Å². The van der Waals surface area contributed by atoms with Crippen LogP contribution in [-0.4, -0.2) is 64.2 Å². The molecule has 0 aliphatic heterocycles. The van der Waals surface area contributed by atoms with Crippen LogP contribution in [-0.2, 0) is 14.4 Å². The predicted molar refractivity (Wildman–Crippen MR) is 401 cm³/mol. The number of para-hydroxylation sites is 1. The van der Waals surface area contributed by atoms with E-state index in [4.69, 9.17) is 14.2 Å². The number of phenols is 3. The summed E-state index contributed by atoms with van der Waals surface area (Å²) in [5.41, 5.74) is 6.28. The van der Waals surface area contributed by atoms with Crippen LogP contribution in [0.4, 0.5) is 96.7 Å². The van der Waals surface area contributed by atoms with Crippen LogP contribution in [0.5, 0.6) is 34.5 Å². The summed E-state index contributed by atoms with van der Waals surface area (Å²) in [4.78, 5) is 56.7. The largest absolute Gasteiger partial charge is 0.507 e. The molecule has 0 unspecified atom stereocenters. The Bertz CT molecular complexity index is 5550. The van der Waals surface area contributed by atoms with E-state index < -0.39 is 9.85 Å². The lowest BCUT2D eigenvalue weighted by molar-refractivity contribution is -0.384. The van der Waals surface area contributed by atoms with Crippen LogP contribution in [0.2, 0.25) is 0 Å². The molecule has 12 aromatic rings. The van der Waals surface area contributed by atoms with Crippen LogP contribution in [0, 0.1) is 27.2 Å². The van der Waals surface area contributed by atoms with Crippen molar-refractivity contribution in [2.75, 3.05) is 37.3 Å². The summed E-state index contributed by atoms with van der Waals surface area (Å²) in [5.74, 6) is 0.467. The molecule has 12 rings (SSSR count). The highest BCUT2D eigenvalue weighted by Crippen LogP contribution is 2.45. The van der Waals surface area contributed by atoms with E-state index in [9.17, 15) is 49.9 Å². The fourth-order valence-corrected chi connectivity index (χ4v) is 10.2. The van der Waals surface area contributed by atoms with Crippen molar-refractivity contribution in [2.24, 2.45) is 61.4 Å².